The van der Waals surface area contributed by atoms with Crippen molar-refractivity contribution in [3.63, 3.8) is 0 Å². The van der Waals surface area contributed by atoms with Crippen LogP contribution in [0.25, 0.3) is 0 Å². The van der Waals surface area contributed by atoms with Gasteiger partial charge < -0.3 is 0 Å². The van der Waals surface area contributed by atoms with Crippen molar-refractivity contribution in [2.45, 2.75) is 31.1 Å². The summed E-state index contributed by atoms with van der Waals surface area (Å²) in [6.07, 6.45) is 2.36. The maximum absolute atomic E-state index is 11.1. The molecule has 0 saturated carbocycles. The van der Waals surface area contributed by atoms with Gasteiger partial charge in [-0.15, -0.1) is 11.8 Å². The van der Waals surface area contributed by atoms with Crippen molar-refractivity contribution in [2.24, 2.45) is 0 Å². The molecule has 0 heterocycles. The zero-order valence-corrected chi connectivity index (χ0v) is 11.2. The van der Waals surface area contributed by atoms with Crippen molar-refractivity contribution in [2.75, 3.05) is 5.75 Å². The highest BCUT2D eigenvalue weighted by Crippen LogP contribution is 2.22. The lowest BCUT2D eigenvalue weighted by Crippen LogP contribution is -1.95. The number of benzene rings is 1. The Balaban J connectivity index is 2.23. The molecule has 0 bridgehead atoms. The highest BCUT2D eigenvalue weighted by Gasteiger charge is 1.99. The first kappa shape index (κ1) is 12.8. The lowest BCUT2D eigenvalue weighted by Gasteiger charge is -2.01. The van der Waals surface area contributed by atoms with Crippen LogP contribution in [0.1, 0.15) is 26.2 Å². The lowest BCUT2D eigenvalue weighted by atomic mass is 10.2. The molecule has 0 amide bonds. The van der Waals surface area contributed by atoms with Gasteiger partial charge in [-0.25, -0.2) is 0 Å². The number of carbonyl (C=O) groups is 1. The van der Waals surface area contributed by atoms with E-state index in [9.17, 15) is 4.79 Å². The summed E-state index contributed by atoms with van der Waals surface area (Å²) in [5.74, 6) is 1.38. The monoisotopic (exact) mass is 286 g/mol. The van der Waals surface area contributed by atoms with Crippen LogP contribution < -0.4 is 0 Å². The summed E-state index contributed by atoms with van der Waals surface area (Å²) in [5.41, 5.74) is 0. The first-order chi connectivity index (χ1) is 7.22. The zero-order valence-electron chi connectivity index (χ0n) is 8.83. The van der Waals surface area contributed by atoms with Gasteiger partial charge in [0.15, 0.2) is 0 Å². The molecule has 15 heavy (non-hydrogen) atoms. The van der Waals surface area contributed by atoms with Crippen molar-refractivity contribution in [1.29, 1.82) is 0 Å². The quantitative estimate of drug-likeness (QED) is 0.573. The summed E-state index contributed by atoms with van der Waals surface area (Å²) in [7, 11) is 0. The Bertz CT molecular complexity index is 325. The van der Waals surface area contributed by atoms with E-state index in [-0.39, 0.29) is 0 Å². The Labute approximate surface area is 104 Å². The molecule has 0 saturated heterocycles. The largest absolute Gasteiger partial charge is 0.300 e. The predicted octanol–water partition coefficient (Wildman–Crippen LogP) is 4.30. The molecular formula is C12H15BrOS. The van der Waals surface area contributed by atoms with Gasteiger partial charge in [-0.1, -0.05) is 28.9 Å². The third-order valence-corrected chi connectivity index (χ3v) is 3.63. The topological polar surface area (TPSA) is 17.1 Å². The Morgan fingerprint density at radius 2 is 2.27 bits per heavy atom. The summed E-state index contributed by atoms with van der Waals surface area (Å²) in [6.45, 7) is 1.92. The highest BCUT2D eigenvalue weighted by molar-refractivity contribution is 9.10. The third-order valence-electron chi connectivity index (χ3n) is 2.06. The van der Waals surface area contributed by atoms with Gasteiger partial charge in [-0.05, 0) is 30.4 Å². The molecule has 1 aromatic carbocycles. The fourth-order valence-corrected chi connectivity index (χ4v) is 2.65. The van der Waals surface area contributed by atoms with Gasteiger partial charge in [0, 0.05) is 22.2 Å². The molecule has 0 aliphatic carbocycles. The van der Waals surface area contributed by atoms with Crippen molar-refractivity contribution >= 4 is 33.5 Å². The predicted molar refractivity (Wildman–Crippen MR) is 69.4 cm³/mol. The second kappa shape index (κ2) is 7.07. The zero-order chi connectivity index (χ0) is 11.1. The molecule has 1 nitrogen and oxygen atoms in total. The van der Waals surface area contributed by atoms with Crippen molar-refractivity contribution < 1.29 is 4.79 Å². The van der Waals surface area contributed by atoms with E-state index >= 15 is 0 Å². The summed E-state index contributed by atoms with van der Waals surface area (Å²) < 4.78 is 1.11. The van der Waals surface area contributed by atoms with E-state index in [1.807, 2.05) is 19.1 Å². The Kier molecular flexibility index (Phi) is 6.03. The Morgan fingerprint density at radius 1 is 1.47 bits per heavy atom. The van der Waals surface area contributed by atoms with Crippen LogP contribution in [-0.2, 0) is 4.79 Å². The van der Waals surface area contributed by atoms with Crippen LogP contribution in [0.2, 0.25) is 0 Å². The minimum Gasteiger partial charge on any atom is -0.300 e. The minimum absolute atomic E-state index is 0.366. The molecule has 3 heteroatoms. The normalized spacial score (nSPS) is 10.3. The van der Waals surface area contributed by atoms with E-state index < -0.39 is 0 Å². The van der Waals surface area contributed by atoms with Gasteiger partial charge >= 0.3 is 0 Å². The second-order valence-electron chi connectivity index (χ2n) is 3.30. The SMILES string of the molecule is CCC(=O)CCCSc1cccc(Br)c1. The van der Waals surface area contributed by atoms with Crippen LogP contribution in [0, 0.1) is 0 Å². The van der Waals surface area contributed by atoms with Crippen molar-refractivity contribution in [3.8, 4) is 0 Å². The molecule has 0 atom stereocenters. The summed E-state index contributed by atoms with van der Waals surface area (Å²) in [6, 6.07) is 8.25. The van der Waals surface area contributed by atoms with Gasteiger partial charge in [-0.2, -0.15) is 0 Å². The molecule has 1 aromatic rings. The molecule has 0 aromatic heterocycles. The van der Waals surface area contributed by atoms with E-state index in [2.05, 4.69) is 28.1 Å². The van der Waals surface area contributed by atoms with E-state index in [1.54, 1.807) is 11.8 Å². The van der Waals surface area contributed by atoms with Crippen LogP contribution in [-0.4, -0.2) is 11.5 Å². The number of carbonyl (C=O) groups excluding carboxylic acids is 1. The Morgan fingerprint density at radius 3 is 2.93 bits per heavy atom. The van der Waals surface area contributed by atoms with Crippen LogP contribution in [0.3, 0.4) is 0 Å². The van der Waals surface area contributed by atoms with Crippen LogP contribution in [0.5, 0.6) is 0 Å². The van der Waals surface area contributed by atoms with E-state index in [1.165, 1.54) is 4.90 Å². The molecule has 0 aliphatic rings. The van der Waals surface area contributed by atoms with Gasteiger partial charge in [-0.3, -0.25) is 4.79 Å². The maximum Gasteiger partial charge on any atom is 0.132 e. The molecule has 0 spiro atoms. The third kappa shape index (κ3) is 5.38. The fourth-order valence-electron chi connectivity index (χ4n) is 1.19. The number of hydrogen-bond acceptors (Lipinski definition) is 2. The number of thioether (sulfide) groups is 1. The fraction of sp³-hybridized carbons (Fsp3) is 0.417. The lowest BCUT2D eigenvalue weighted by molar-refractivity contribution is -0.118. The Hall–Kier alpha value is -0.280. The number of Topliss-reactive ketones (excluding diaryl/α,β-unsaturated/α-hetero) is 1. The molecule has 0 N–H and O–H groups in total. The van der Waals surface area contributed by atoms with E-state index in [0.717, 1.165) is 23.1 Å². The van der Waals surface area contributed by atoms with Crippen LogP contribution in [0.15, 0.2) is 33.6 Å². The summed E-state index contributed by atoms with van der Waals surface area (Å²) >= 11 is 5.24. The molecule has 82 valence electrons. The average molecular weight is 287 g/mol. The van der Waals surface area contributed by atoms with Crippen molar-refractivity contribution in [1.82, 2.24) is 0 Å². The molecule has 0 aliphatic heterocycles. The van der Waals surface area contributed by atoms with E-state index in [4.69, 9.17) is 0 Å². The van der Waals surface area contributed by atoms with Crippen LogP contribution >= 0.6 is 27.7 Å². The first-order valence-corrected chi connectivity index (χ1v) is 6.90. The summed E-state index contributed by atoms with van der Waals surface area (Å²) in [4.78, 5) is 12.3. The standard InChI is InChI=1S/C12H15BrOS/c1-2-11(14)6-4-8-15-12-7-3-5-10(13)9-12/h3,5,7,9H,2,4,6,8H2,1H3. The number of ketones is 1. The number of rotatable bonds is 6. The molecule has 0 fully saturated rings. The van der Waals surface area contributed by atoms with Gasteiger partial charge in [0.05, 0.1) is 0 Å². The average Bonchev–Trinajstić information content (AvgIpc) is 2.24. The van der Waals surface area contributed by atoms with Crippen molar-refractivity contribution in [3.05, 3.63) is 28.7 Å². The number of halogens is 1. The smallest absolute Gasteiger partial charge is 0.132 e. The molecular weight excluding hydrogens is 272 g/mol. The van der Waals surface area contributed by atoms with Gasteiger partial charge in [0.2, 0.25) is 0 Å². The maximum atomic E-state index is 11.1. The van der Waals surface area contributed by atoms with Gasteiger partial charge in [0.25, 0.3) is 0 Å². The van der Waals surface area contributed by atoms with Crippen LogP contribution in [0.4, 0.5) is 0 Å². The van der Waals surface area contributed by atoms with E-state index in [0.29, 0.717) is 12.2 Å². The second-order valence-corrected chi connectivity index (χ2v) is 5.39. The molecule has 0 unspecified atom stereocenters. The summed E-state index contributed by atoms with van der Waals surface area (Å²) in [5, 5.41) is 0. The first-order valence-electron chi connectivity index (χ1n) is 5.12. The molecule has 0 radical (unpaired) electrons. The van der Waals surface area contributed by atoms with Gasteiger partial charge in [0.1, 0.15) is 5.78 Å². The highest BCUT2D eigenvalue weighted by atomic mass is 79.9. The number of hydrogen-bond donors (Lipinski definition) is 0. The molecule has 1 rings (SSSR count). The minimum atomic E-state index is 0.366.